The van der Waals surface area contributed by atoms with Crippen molar-refractivity contribution in [3.05, 3.63) is 0 Å². The Balaban J connectivity index is 4.25. The Morgan fingerprint density at radius 2 is 1.55 bits per heavy atom. The van der Waals surface area contributed by atoms with E-state index < -0.39 is 0 Å². The van der Waals surface area contributed by atoms with Crippen LogP contribution in [0.4, 0.5) is 0 Å². The van der Waals surface area contributed by atoms with Gasteiger partial charge in [-0.05, 0) is 27.2 Å². The van der Waals surface area contributed by atoms with Crippen LogP contribution in [0.3, 0.4) is 0 Å². The van der Waals surface area contributed by atoms with Gasteiger partial charge in [0.25, 0.3) is 0 Å². The molecule has 0 aliphatic heterocycles. The molecule has 0 aliphatic carbocycles. The first-order valence-corrected chi connectivity index (χ1v) is 4.30. The lowest BCUT2D eigenvalue weighted by Crippen LogP contribution is -2.10. The van der Waals surface area contributed by atoms with Crippen LogP contribution in [-0.4, -0.2) is 24.5 Å². The van der Waals surface area contributed by atoms with Gasteiger partial charge in [0.15, 0.2) is 0 Å². The molecule has 0 aromatic rings. The van der Waals surface area contributed by atoms with Crippen molar-refractivity contribution >= 4 is 11.4 Å². The van der Waals surface area contributed by atoms with E-state index in [1.165, 1.54) is 0 Å². The summed E-state index contributed by atoms with van der Waals surface area (Å²) in [4.78, 5) is 8.65. The lowest BCUT2D eigenvalue weighted by molar-refractivity contribution is 1.09. The largest absolute Gasteiger partial charge is 0.288 e. The Kier molecular flexibility index (Phi) is 5.71. The Hall–Kier alpha value is -0.660. The lowest BCUT2D eigenvalue weighted by Gasteiger charge is -2.01. The van der Waals surface area contributed by atoms with Crippen LogP contribution in [0.15, 0.2) is 9.98 Å². The summed E-state index contributed by atoms with van der Waals surface area (Å²) in [7, 11) is 0. The molecule has 11 heavy (non-hydrogen) atoms. The van der Waals surface area contributed by atoms with E-state index in [1.54, 1.807) is 0 Å². The molecule has 2 heteroatoms. The molecule has 0 fully saturated rings. The molecule has 0 radical (unpaired) electrons. The summed E-state index contributed by atoms with van der Waals surface area (Å²) in [6.45, 7) is 9.95. The maximum Gasteiger partial charge on any atom is 0.0552 e. The van der Waals surface area contributed by atoms with Gasteiger partial charge in [-0.1, -0.05) is 6.92 Å². The van der Waals surface area contributed by atoms with Gasteiger partial charge in [-0.3, -0.25) is 9.98 Å². The zero-order chi connectivity index (χ0) is 8.69. The predicted octanol–water partition coefficient (Wildman–Crippen LogP) is 2.34. The van der Waals surface area contributed by atoms with Gasteiger partial charge in [0, 0.05) is 13.1 Å². The van der Waals surface area contributed by atoms with E-state index >= 15 is 0 Å². The van der Waals surface area contributed by atoms with Crippen molar-refractivity contribution < 1.29 is 0 Å². The molecule has 64 valence electrons. The van der Waals surface area contributed by atoms with Gasteiger partial charge in [0.2, 0.25) is 0 Å². The van der Waals surface area contributed by atoms with Gasteiger partial charge < -0.3 is 0 Å². The summed E-state index contributed by atoms with van der Waals surface area (Å²) in [5, 5.41) is 0. The van der Waals surface area contributed by atoms with Gasteiger partial charge in [-0.2, -0.15) is 0 Å². The van der Waals surface area contributed by atoms with Crippen molar-refractivity contribution in [3.63, 3.8) is 0 Å². The van der Waals surface area contributed by atoms with Crippen LogP contribution >= 0.6 is 0 Å². The van der Waals surface area contributed by atoms with Crippen LogP contribution in [0, 0.1) is 0 Å². The first-order chi connectivity index (χ1) is 5.26. The molecular weight excluding hydrogens is 136 g/mol. The fourth-order valence-electron chi connectivity index (χ4n) is 1.00. The van der Waals surface area contributed by atoms with Crippen molar-refractivity contribution in [3.8, 4) is 0 Å². The normalized spacial score (nSPS) is 13.8. The second-order valence-electron chi connectivity index (χ2n) is 2.33. The average Bonchev–Trinajstić information content (AvgIpc) is 2.00. The van der Waals surface area contributed by atoms with E-state index in [-0.39, 0.29) is 0 Å². The smallest absolute Gasteiger partial charge is 0.0552 e. The van der Waals surface area contributed by atoms with E-state index in [0.717, 1.165) is 30.9 Å². The number of nitrogens with zero attached hydrogens (tertiary/aromatic N) is 2. The van der Waals surface area contributed by atoms with Crippen LogP contribution in [0.25, 0.3) is 0 Å². The molecule has 0 rings (SSSR count). The van der Waals surface area contributed by atoms with Crippen LogP contribution in [0.2, 0.25) is 0 Å². The number of rotatable bonds is 4. The molecule has 0 saturated carbocycles. The first-order valence-electron chi connectivity index (χ1n) is 4.30. The van der Waals surface area contributed by atoms with Gasteiger partial charge >= 0.3 is 0 Å². The Bertz CT molecular complexity index is 157. The van der Waals surface area contributed by atoms with E-state index in [0.29, 0.717) is 0 Å². The van der Waals surface area contributed by atoms with E-state index in [4.69, 9.17) is 0 Å². The number of hydrogen-bond donors (Lipinski definition) is 0. The second kappa shape index (κ2) is 6.08. The minimum atomic E-state index is 0.856. The topological polar surface area (TPSA) is 24.7 Å². The zero-order valence-electron chi connectivity index (χ0n) is 8.02. The lowest BCUT2D eigenvalue weighted by atomic mass is 10.2. The fourth-order valence-corrected chi connectivity index (χ4v) is 1.00. The van der Waals surface area contributed by atoms with Crippen molar-refractivity contribution in [2.24, 2.45) is 9.98 Å². The standard InChI is InChI=1S/C9H18N2/c1-5-9(11-7-3)8(4)10-6-2/h5-7H2,1-4H3. The third-order valence-electron chi connectivity index (χ3n) is 1.50. The summed E-state index contributed by atoms with van der Waals surface area (Å²) in [6.07, 6.45) is 0.989. The third-order valence-corrected chi connectivity index (χ3v) is 1.50. The molecular formula is C9H18N2. The molecule has 0 spiro atoms. The molecule has 0 bridgehead atoms. The molecule has 0 heterocycles. The van der Waals surface area contributed by atoms with Gasteiger partial charge in [0.05, 0.1) is 11.4 Å². The van der Waals surface area contributed by atoms with Crippen molar-refractivity contribution in [2.45, 2.75) is 34.1 Å². The Morgan fingerprint density at radius 3 is 1.91 bits per heavy atom. The van der Waals surface area contributed by atoms with Crippen molar-refractivity contribution in [1.82, 2.24) is 0 Å². The highest BCUT2D eigenvalue weighted by Crippen LogP contribution is 1.91. The molecule has 0 amide bonds. The first kappa shape index (κ1) is 10.3. The zero-order valence-corrected chi connectivity index (χ0v) is 8.02. The van der Waals surface area contributed by atoms with Gasteiger partial charge in [0.1, 0.15) is 0 Å². The number of aliphatic imine (C=N–C) groups is 2. The Morgan fingerprint density at radius 1 is 1.00 bits per heavy atom. The van der Waals surface area contributed by atoms with Gasteiger partial charge in [-0.25, -0.2) is 0 Å². The predicted molar refractivity (Wildman–Crippen MR) is 51.9 cm³/mol. The summed E-state index contributed by atoms with van der Waals surface area (Å²) in [6, 6.07) is 0. The maximum atomic E-state index is 4.35. The maximum absolute atomic E-state index is 4.35. The highest BCUT2D eigenvalue weighted by Gasteiger charge is 1.97. The van der Waals surface area contributed by atoms with E-state index in [2.05, 4.69) is 23.8 Å². The minimum absolute atomic E-state index is 0.856. The summed E-state index contributed by atoms with van der Waals surface area (Å²) >= 11 is 0. The Labute approximate surface area is 69.4 Å². The molecule has 0 aromatic heterocycles. The van der Waals surface area contributed by atoms with E-state index in [1.807, 2.05) is 13.8 Å². The highest BCUT2D eigenvalue weighted by molar-refractivity contribution is 6.41. The van der Waals surface area contributed by atoms with Gasteiger partial charge in [-0.15, -0.1) is 0 Å². The molecule has 2 nitrogen and oxygen atoms in total. The molecule has 0 aromatic carbocycles. The monoisotopic (exact) mass is 154 g/mol. The number of hydrogen-bond acceptors (Lipinski definition) is 2. The third kappa shape index (κ3) is 3.91. The SMILES string of the molecule is CCN=C(C)C(CC)=NCC. The van der Waals surface area contributed by atoms with Crippen LogP contribution in [0.1, 0.15) is 34.1 Å². The molecule has 0 aliphatic rings. The van der Waals surface area contributed by atoms with Crippen LogP contribution in [0.5, 0.6) is 0 Å². The minimum Gasteiger partial charge on any atom is -0.288 e. The highest BCUT2D eigenvalue weighted by atomic mass is 14.8. The molecule has 0 saturated heterocycles. The quantitative estimate of drug-likeness (QED) is 0.555. The van der Waals surface area contributed by atoms with E-state index in [9.17, 15) is 0 Å². The summed E-state index contributed by atoms with van der Waals surface area (Å²) in [5.74, 6) is 0. The molecule has 0 atom stereocenters. The molecule has 0 N–H and O–H groups in total. The second-order valence-corrected chi connectivity index (χ2v) is 2.33. The summed E-state index contributed by atoms with van der Waals surface area (Å²) < 4.78 is 0. The van der Waals surface area contributed by atoms with Crippen LogP contribution < -0.4 is 0 Å². The average molecular weight is 154 g/mol. The van der Waals surface area contributed by atoms with Crippen LogP contribution in [-0.2, 0) is 0 Å². The summed E-state index contributed by atoms with van der Waals surface area (Å²) in [5.41, 5.74) is 2.24. The van der Waals surface area contributed by atoms with Crippen molar-refractivity contribution in [2.75, 3.05) is 13.1 Å². The molecule has 0 unspecified atom stereocenters. The fraction of sp³-hybridized carbons (Fsp3) is 0.778. The van der Waals surface area contributed by atoms with Crippen molar-refractivity contribution in [1.29, 1.82) is 0 Å².